The van der Waals surface area contributed by atoms with E-state index < -0.39 is 0 Å². The van der Waals surface area contributed by atoms with Crippen molar-refractivity contribution in [2.45, 2.75) is 40.0 Å². The lowest BCUT2D eigenvalue weighted by Crippen LogP contribution is -2.27. The molecule has 1 aliphatic rings. The van der Waals surface area contributed by atoms with Crippen LogP contribution < -0.4 is 11.1 Å². The van der Waals surface area contributed by atoms with Crippen molar-refractivity contribution in [1.29, 1.82) is 0 Å². The van der Waals surface area contributed by atoms with E-state index in [9.17, 15) is 4.79 Å². The van der Waals surface area contributed by atoms with Crippen molar-refractivity contribution < 1.29 is 4.79 Å². The summed E-state index contributed by atoms with van der Waals surface area (Å²) in [7, 11) is 0. The van der Waals surface area contributed by atoms with Gasteiger partial charge in [-0.25, -0.2) is 9.97 Å². The van der Waals surface area contributed by atoms with Crippen molar-refractivity contribution in [1.82, 2.24) is 9.97 Å². The minimum atomic E-state index is -0.217. The Hall–Kier alpha value is -1.99. The number of carbonyl (C=O) groups excluding carboxylic acids is 1. The number of nitrogen functional groups attached to an aromatic ring is 1. The van der Waals surface area contributed by atoms with Crippen LogP contribution in [0, 0.1) is 11.3 Å². The highest BCUT2D eigenvalue weighted by Crippen LogP contribution is 2.40. The van der Waals surface area contributed by atoms with Crippen LogP contribution in [0.15, 0.2) is 17.6 Å². The third-order valence-corrected chi connectivity index (χ3v) is 6.97. The monoisotopic (exact) mass is 386 g/mol. The maximum absolute atomic E-state index is 12.6. The van der Waals surface area contributed by atoms with Gasteiger partial charge in [0.2, 0.25) is 0 Å². The van der Waals surface area contributed by atoms with Crippen LogP contribution in [-0.4, -0.2) is 15.9 Å². The first-order chi connectivity index (χ1) is 12.3. The van der Waals surface area contributed by atoms with E-state index in [2.05, 4.69) is 37.1 Å². The molecule has 26 heavy (non-hydrogen) atoms. The van der Waals surface area contributed by atoms with E-state index in [0.29, 0.717) is 21.6 Å². The average Bonchev–Trinajstić information content (AvgIpc) is 3.20. The van der Waals surface area contributed by atoms with Crippen molar-refractivity contribution in [2.75, 3.05) is 11.1 Å². The van der Waals surface area contributed by atoms with Gasteiger partial charge in [0.1, 0.15) is 9.71 Å². The lowest BCUT2D eigenvalue weighted by atomic mass is 9.71. The van der Waals surface area contributed by atoms with Gasteiger partial charge in [-0.3, -0.25) is 10.1 Å². The van der Waals surface area contributed by atoms with Crippen LogP contribution in [0.2, 0.25) is 0 Å². The van der Waals surface area contributed by atoms with Crippen LogP contribution >= 0.6 is 22.7 Å². The lowest BCUT2D eigenvalue weighted by Gasteiger charge is -2.34. The summed E-state index contributed by atoms with van der Waals surface area (Å²) in [6, 6.07) is 2.15. The fourth-order valence-electron chi connectivity index (χ4n) is 3.54. The van der Waals surface area contributed by atoms with Gasteiger partial charge in [0.25, 0.3) is 5.91 Å². The number of fused-ring (bicyclic) bond motifs is 2. The van der Waals surface area contributed by atoms with Crippen LogP contribution in [-0.2, 0) is 12.8 Å². The van der Waals surface area contributed by atoms with Gasteiger partial charge in [0, 0.05) is 22.7 Å². The molecule has 3 aromatic heterocycles. The van der Waals surface area contributed by atoms with Crippen LogP contribution in [0.25, 0.3) is 10.2 Å². The number of anilines is 2. The minimum absolute atomic E-state index is 0.217. The second-order valence-corrected chi connectivity index (χ2v) is 9.78. The van der Waals surface area contributed by atoms with Crippen LogP contribution in [0.5, 0.6) is 0 Å². The molecule has 0 fully saturated rings. The molecule has 1 atom stereocenters. The van der Waals surface area contributed by atoms with E-state index in [1.54, 1.807) is 6.20 Å². The smallest absolute Gasteiger partial charge is 0.269 e. The molecule has 0 radical (unpaired) electrons. The van der Waals surface area contributed by atoms with Crippen LogP contribution in [0.4, 0.5) is 10.8 Å². The first kappa shape index (κ1) is 17.4. The largest absolute Gasteiger partial charge is 0.397 e. The van der Waals surface area contributed by atoms with Crippen molar-refractivity contribution >= 4 is 49.6 Å². The maximum atomic E-state index is 12.6. The van der Waals surface area contributed by atoms with Gasteiger partial charge in [0.15, 0.2) is 5.13 Å². The number of nitrogens with two attached hydrogens (primary N) is 1. The number of carbonyl (C=O) groups is 1. The summed E-state index contributed by atoms with van der Waals surface area (Å²) >= 11 is 2.75. The molecule has 1 amide bonds. The number of amides is 1. The Kier molecular flexibility index (Phi) is 4.23. The van der Waals surface area contributed by atoms with E-state index >= 15 is 0 Å². The van der Waals surface area contributed by atoms with Crippen LogP contribution in [0.3, 0.4) is 0 Å². The first-order valence-electron chi connectivity index (χ1n) is 8.74. The second-order valence-electron chi connectivity index (χ2n) is 7.89. The molecule has 136 valence electrons. The van der Waals surface area contributed by atoms with Gasteiger partial charge in [-0.2, -0.15) is 0 Å². The van der Waals surface area contributed by atoms with E-state index in [1.807, 2.05) is 5.38 Å². The molecular formula is C19H22N4OS2. The topological polar surface area (TPSA) is 80.9 Å². The summed E-state index contributed by atoms with van der Waals surface area (Å²) in [6.45, 7) is 6.90. The SMILES string of the molecule is CC(C)(C)[C@H]1CCc2nc3sc(C(=O)Nc4nccs4)c(N)c3cc2C1. The van der Waals surface area contributed by atoms with Crippen molar-refractivity contribution in [3.8, 4) is 0 Å². The molecule has 3 heterocycles. The number of hydrogen-bond acceptors (Lipinski definition) is 6. The van der Waals surface area contributed by atoms with E-state index in [1.165, 1.54) is 28.2 Å². The predicted octanol–water partition coefficient (Wildman–Crippen LogP) is 4.74. The summed E-state index contributed by atoms with van der Waals surface area (Å²) in [5, 5.41) is 6.10. The summed E-state index contributed by atoms with van der Waals surface area (Å²) < 4.78 is 0. The number of thiazole rings is 1. The molecular weight excluding hydrogens is 364 g/mol. The Balaban J connectivity index is 1.69. The lowest BCUT2D eigenvalue weighted by molar-refractivity contribution is 0.103. The highest BCUT2D eigenvalue weighted by atomic mass is 32.1. The summed E-state index contributed by atoms with van der Waals surface area (Å²) in [5.74, 6) is 0.424. The van der Waals surface area contributed by atoms with E-state index in [4.69, 9.17) is 10.7 Å². The molecule has 1 aliphatic carbocycles. The third kappa shape index (κ3) is 3.10. The standard InChI is InChI=1S/C19H22N4OS2/c1-19(2,3)11-4-5-13-10(8-11)9-12-14(20)15(26-17(12)22-13)16(24)23-18-21-6-7-25-18/h6-7,9,11H,4-5,8,20H2,1-3H3,(H,21,23,24)/t11-/m0/s1. The Morgan fingerprint density at radius 3 is 2.88 bits per heavy atom. The van der Waals surface area contributed by atoms with Crippen molar-refractivity contribution in [3.63, 3.8) is 0 Å². The Morgan fingerprint density at radius 1 is 1.38 bits per heavy atom. The zero-order valence-electron chi connectivity index (χ0n) is 15.1. The third-order valence-electron chi connectivity index (χ3n) is 5.17. The van der Waals surface area contributed by atoms with Gasteiger partial charge in [0.05, 0.1) is 5.69 Å². The average molecular weight is 387 g/mol. The number of nitrogens with one attached hydrogen (secondary N) is 1. The summed E-state index contributed by atoms with van der Waals surface area (Å²) in [6.07, 6.45) is 4.84. The zero-order chi connectivity index (χ0) is 18.5. The van der Waals surface area contributed by atoms with Gasteiger partial charge < -0.3 is 5.73 Å². The number of pyridine rings is 1. The molecule has 3 aromatic rings. The predicted molar refractivity (Wildman–Crippen MR) is 109 cm³/mol. The Bertz CT molecular complexity index is 970. The molecule has 0 aromatic carbocycles. The second kappa shape index (κ2) is 6.32. The number of hydrogen-bond donors (Lipinski definition) is 2. The summed E-state index contributed by atoms with van der Waals surface area (Å²) in [5.41, 5.74) is 9.56. The van der Waals surface area contributed by atoms with Crippen LogP contribution in [0.1, 0.15) is 48.1 Å². The number of nitrogens with zero attached hydrogens (tertiary/aromatic N) is 2. The highest BCUT2D eigenvalue weighted by molar-refractivity contribution is 7.21. The molecule has 0 aliphatic heterocycles. The summed E-state index contributed by atoms with van der Waals surface area (Å²) in [4.78, 5) is 22.9. The van der Waals surface area contributed by atoms with E-state index in [-0.39, 0.29) is 11.3 Å². The molecule has 3 N–H and O–H groups in total. The van der Waals surface area contributed by atoms with Gasteiger partial charge in [-0.05, 0) is 42.2 Å². The molecule has 5 nitrogen and oxygen atoms in total. The number of thiophene rings is 1. The Morgan fingerprint density at radius 2 is 2.19 bits per heavy atom. The Labute approximate surface area is 160 Å². The zero-order valence-corrected chi connectivity index (χ0v) is 16.8. The number of aromatic nitrogens is 2. The van der Waals surface area contributed by atoms with Crippen molar-refractivity contribution in [2.24, 2.45) is 11.3 Å². The quantitative estimate of drug-likeness (QED) is 0.667. The van der Waals surface area contributed by atoms with Crippen molar-refractivity contribution in [3.05, 3.63) is 33.8 Å². The normalized spacial score (nSPS) is 17.3. The van der Waals surface area contributed by atoms with Gasteiger partial charge in [-0.1, -0.05) is 20.8 Å². The molecule has 0 saturated heterocycles. The maximum Gasteiger partial charge on any atom is 0.269 e. The minimum Gasteiger partial charge on any atom is -0.397 e. The molecule has 7 heteroatoms. The fourth-order valence-corrected chi connectivity index (χ4v) is 5.05. The molecule has 0 bridgehead atoms. The number of aryl methyl sites for hydroxylation is 1. The number of rotatable bonds is 2. The molecule has 0 spiro atoms. The highest BCUT2D eigenvalue weighted by Gasteiger charge is 2.30. The fraction of sp³-hybridized carbons (Fsp3) is 0.421. The van der Waals surface area contributed by atoms with Gasteiger partial charge in [-0.15, -0.1) is 22.7 Å². The molecule has 4 rings (SSSR count). The van der Waals surface area contributed by atoms with Gasteiger partial charge >= 0.3 is 0 Å². The first-order valence-corrected chi connectivity index (χ1v) is 10.4. The van der Waals surface area contributed by atoms with E-state index in [0.717, 1.165) is 35.2 Å². The molecule has 0 unspecified atom stereocenters. The molecule has 0 saturated carbocycles.